The Morgan fingerprint density at radius 3 is 2.16 bits per heavy atom. The molecule has 0 aromatic carbocycles. The van der Waals surface area contributed by atoms with Crippen LogP contribution in [0, 0.1) is 0 Å². The molecule has 0 radical (unpaired) electrons. The maximum atomic E-state index is 11.9. The molecule has 0 aliphatic heterocycles. The lowest BCUT2D eigenvalue weighted by Crippen LogP contribution is -2.47. The average molecular weight is 284 g/mol. The van der Waals surface area contributed by atoms with E-state index in [4.69, 9.17) is 4.74 Å². The van der Waals surface area contributed by atoms with E-state index in [0.29, 0.717) is 0 Å². The summed E-state index contributed by atoms with van der Waals surface area (Å²) < 4.78 is 40.5. The summed E-state index contributed by atoms with van der Waals surface area (Å²) in [5, 5.41) is 4.31. The Bertz CT molecular complexity index is 324. The number of hydrogen-bond acceptors (Lipinski definition) is 3. The summed E-state index contributed by atoms with van der Waals surface area (Å²) in [6.07, 6.45) is -6.24. The van der Waals surface area contributed by atoms with E-state index in [9.17, 15) is 22.8 Å². The quantitative estimate of drug-likeness (QED) is 0.829. The Labute approximate surface area is 109 Å². The van der Waals surface area contributed by atoms with Crippen LogP contribution < -0.4 is 10.6 Å². The molecular weight excluding hydrogens is 265 g/mol. The van der Waals surface area contributed by atoms with Gasteiger partial charge in [0.05, 0.1) is 6.42 Å². The first kappa shape index (κ1) is 17.5. The number of hydrogen-bond donors (Lipinski definition) is 2. The standard InChI is InChI=1S/C11H19F3N2O3/c1-7(16-9(18)19-10(2,3)4)8(17)15-6-5-11(12,13)14/h7H,5-6H2,1-4H3,(H,15,17)(H,16,18)/t7-/m1/s1. The molecule has 19 heavy (non-hydrogen) atoms. The van der Waals surface area contributed by atoms with Crippen LogP contribution in [0.25, 0.3) is 0 Å². The van der Waals surface area contributed by atoms with Crippen LogP contribution in [-0.2, 0) is 9.53 Å². The number of rotatable bonds is 4. The Morgan fingerprint density at radius 2 is 1.74 bits per heavy atom. The first-order chi connectivity index (χ1) is 8.41. The number of carbonyl (C=O) groups excluding carboxylic acids is 2. The molecule has 2 N–H and O–H groups in total. The first-order valence-corrected chi connectivity index (χ1v) is 5.75. The van der Waals surface area contributed by atoms with Gasteiger partial charge in [-0.05, 0) is 27.7 Å². The molecule has 1 atom stereocenters. The summed E-state index contributed by atoms with van der Waals surface area (Å²) in [5.74, 6) is -0.699. The number of alkyl carbamates (subject to hydrolysis) is 1. The topological polar surface area (TPSA) is 67.4 Å². The van der Waals surface area contributed by atoms with Gasteiger partial charge in [0, 0.05) is 6.54 Å². The van der Waals surface area contributed by atoms with Gasteiger partial charge in [-0.3, -0.25) is 4.79 Å². The summed E-state index contributed by atoms with van der Waals surface area (Å²) in [6, 6.07) is -0.969. The van der Waals surface area contributed by atoms with Gasteiger partial charge in [-0.2, -0.15) is 13.2 Å². The largest absolute Gasteiger partial charge is 0.444 e. The molecule has 0 aliphatic carbocycles. The summed E-state index contributed by atoms with van der Waals surface area (Å²) in [4.78, 5) is 22.7. The van der Waals surface area contributed by atoms with Gasteiger partial charge in [-0.25, -0.2) is 4.79 Å². The molecule has 2 amide bonds. The summed E-state index contributed by atoms with van der Waals surface area (Å²) in [7, 11) is 0. The minimum absolute atomic E-state index is 0.525. The molecule has 0 saturated heterocycles. The highest BCUT2D eigenvalue weighted by atomic mass is 19.4. The zero-order valence-electron chi connectivity index (χ0n) is 11.4. The van der Waals surface area contributed by atoms with Gasteiger partial charge in [-0.1, -0.05) is 0 Å². The number of ether oxygens (including phenoxy) is 1. The lowest BCUT2D eigenvalue weighted by Gasteiger charge is -2.21. The summed E-state index contributed by atoms with van der Waals surface area (Å²) in [6.45, 7) is 5.79. The predicted octanol–water partition coefficient (Wildman–Crippen LogP) is 1.97. The van der Waals surface area contributed by atoms with Crippen LogP contribution >= 0.6 is 0 Å². The fraction of sp³-hybridized carbons (Fsp3) is 0.818. The van der Waals surface area contributed by atoms with Crippen molar-refractivity contribution in [3.8, 4) is 0 Å². The maximum Gasteiger partial charge on any atom is 0.408 e. The van der Waals surface area contributed by atoms with Crippen molar-refractivity contribution in [2.24, 2.45) is 0 Å². The number of alkyl halides is 3. The highest BCUT2D eigenvalue weighted by molar-refractivity contribution is 5.85. The van der Waals surface area contributed by atoms with E-state index in [1.807, 2.05) is 0 Å². The molecule has 0 saturated carbocycles. The number of carbonyl (C=O) groups is 2. The van der Waals surface area contributed by atoms with Gasteiger partial charge in [0.15, 0.2) is 0 Å². The minimum atomic E-state index is -4.32. The Kier molecular flexibility index (Phi) is 6.11. The third-order valence-corrected chi connectivity index (χ3v) is 1.83. The van der Waals surface area contributed by atoms with Gasteiger partial charge in [-0.15, -0.1) is 0 Å². The van der Waals surface area contributed by atoms with Gasteiger partial charge in [0.1, 0.15) is 11.6 Å². The highest BCUT2D eigenvalue weighted by Crippen LogP contribution is 2.18. The third kappa shape index (κ3) is 10.2. The fourth-order valence-corrected chi connectivity index (χ4v) is 1.03. The van der Waals surface area contributed by atoms with Gasteiger partial charge in [0.25, 0.3) is 0 Å². The Morgan fingerprint density at radius 1 is 1.21 bits per heavy atom. The van der Waals surface area contributed by atoms with E-state index >= 15 is 0 Å². The van der Waals surface area contributed by atoms with E-state index in [2.05, 4.69) is 10.6 Å². The predicted molar refractivity (Wildman–Crippen MR) is 62.5 cm³/mol. The zero-order chi connectivity index (χ0) is 15.3. The van der Waals surface area contributed by atoms with Crippen molar-refractivity contribution in [3.63, 3.8) is 0 Å². The van der Waals surface area contributed by atoms with Crippen LogP contribution in [0.5, 0.6) is 0 Å². The molecule has 0 aromatic heterocycles. The van der Waals surface area contributed by atoms with E-state index in [1.54, 1.807) is 20.8 Å². The molecule has 0 aliphatic rings. The van der Waals surface area contributed by atoms with Crippen LogP contribution in [0.1, 0.15) is 34.1 Å². The Balaban J connectivity index is 4.04. The van der Waals surface area contributed by atoms with Crippen molar-refractivity contribution < 1.29 is 27.5 Å². The van der Waals surface area contributed by atoms with E-state index in [-0.39, 0.29) is 0 Å². The van der Waals surface area contributed by atoms with E-state index < -0.39 is 42.8 Å². The maximum absolute atomic E-state index is 11.9. The molecule has 0 bridgehead atoms. The number of nitrogens with one attached hydrogen (secondary N) is 2. The number of amides is 2. The molecular formula is C11H19F3N2O3. The summed E-state index contributed by atoms with van der Waals surface area (Å²) in [5.41, 5.74) is -0.712. The molecule has 0 aromatic rings. The molecule has 112 valence electrons. The smallest absolute Gasteiger partial charge is 0.408 e. The van der Waals surface area contributed by atoms with Crippen LogP contribution in [0.4, 0.5) is 18.0 Å². The molecule has 0 spiro atoms. The van der Waals surface area contributed by atoms with Crippen molar-refractivity contribution in [2.45, 2.75) is 51.9 Å². The molecule has 0 rings (SSSR count). The van der Waals surface area contributed by atoms with Crippen LogP contribution in [0.15, 0.2) is 0 Å². The third-order valence-electron chi connectivity index (χ3n) is 1.83. The zero-order valence-corrected chi connectivity index (χ0v) is 11.4. The number of halogens is 3. The van der Waals surface area contributed by atoms with E-state index in [0.717, 1.165) is 0 Å². The lowest BCUT2D eigenvalue weighted by atomic mass is 10.2. The SMILES string of the molecule is C[C@@H](NC(=O)OC(C)(C)C)C(=O)NCCC(F)(F)F. The van der Waals surface area contributed by atoms with Crippen molar-refractivity contribution in [1.82, 2.24) is 10.6 Å². The molecule has 0 fully saturated rings. The van der Waals surface area contributed by atoms with Crippen LogP contribution in [-0.4, -0.2) is 36.4 Å². The second kappa shape index (κ2) is 6.63. The van der Waals surface area contributed by atoms with Gasteiger partial charge >= 0.3 is 12.3 Å². The lowest BCUT2D eigenvalue weighted by molar-refractivity contribution is -0.136. The van der Waals surface area contributed by atoms with Crippen molar-refractivity contribution in [2.75, 3.05) is 6.54 Å². The van der Waals surface area contributed by atoms with Crippen molar-refractivity contribution in [3.05, 3.63) is 0 Å². The van der Waals surface area contributed by atoms with Gasteiger partial charge < -0.3 is 15.4 Å². The summed E-state index contributed by atoms with van der Waals surface area (Å²) >= 11 is 0. The normalized spacial score (nSPS) is 13.6. The monoisotopic (exact) mass is 284 g/mol. The molecule has 0 unspecified atom stereocenters. The molecule has 8 heteroatoms. The second-order valence-electron chi connectivity index (χ2n) is 5.02. The van der Waals surface area contributed by atoms with Crippen LogP contribution in [0.2, 0.25) is 0 Å². The van der Waals surface area contributed by atoms with E-state index in [1.165, 1.54) is 6.92 Å². The van der Waals surface area contributed by atoms with Gasteiger partial charge in [0.2, 0.25) is 5.91 Å². The fourth-order valence-electron chi connectivity index (χ4n) is 1.03. The molecule has 0 heterocycles. The Hall–Kier alpha value is -1.47. The minimum Gasteiger partial charge on any atom is -0.444 e. The van der Waals surface area contributed by atoms with Crippen LogP contribution in [0.3, 0.4) is 0 Å². The second-order valence-corrected chi connectivity index (χ2v) is 5.02. The molecule has 5 nitrogen and oxygen atoms in total. The first-order valence-electron chi connectivity index (χ1n) is 5.75. The van der Waals surface area contributed by atoms with Crippen molar-refractivity contribution >= 4 is 12.0 Å². The average Bonchev–Trinajstić information content (AvgIpc) is 2.11. The highest BCUT2D eigenvalue weighted by Gasteiger charge is 2.27. The van der Waals surface area contributed by atoms with Crippen molar-refractivity contribution in [1.29, 1.82) is 0 Å².